The van der Waals surface area contributed by atoms with Crippen LogP contribution in [0.3, 0.4) is 0 Å². The second kappa shape index (κ2) is 7.04. The van der Waals surface area contributed by atoms with E-state index in [-0.39, 0.29) is 30.5 Å². The molecule has 0 spiro atoms. The summed E-state index contributed by atoms with van der Waals surface area (Å²) in [5.74, 6) is -0.334. The van der Waals surface area contributed by atoms with Gasteiger partial charge in [-0.05, 0) is 32.0 Å². The predicted molar refractivity (Wildman–Crippen MR) is 83.1 cm³/mol. The van der Waals surface area contributed by atoms with Crippen molar-refractivity contribution in [2.45, 2.75) is 26.0 Å². The van der Waals surface area contributed by atoms with Crippen LogP contribution in [0.25, 0.3) is 0 Å². The van der Waals surface area contributed by atoms with Gasteiger partial charge in [0.2, 0.25) is 5.91 Å². The largest absolute Gasteiger partial charge is 0.375 e. The summed E-state index contributed by atoms with van der Waals surface area (Å²) >= 11 is 3.32. The maximum Gasteiger partial charge on any atom is 0.251 e. The van der Waals surface area contributed by atoms with E-state index in [0.717, 1.165) is 4.47 Å². The van der Waals surface area contributed by atoms with Crippen LogP contribution in [0.2, 0.25) is 0 Å². The van der Waals surface area contributed by atoms with E-state index in [1.165, 1.54) is 0 Å². The zero-order valence-corrected chi connectivity index (χ0v) is 13.7. The Bertz CT molecular complexity index is 535. The van der Waals surface area contributed by atoms with Crippen molar-refractivity contribution in [2.75, 3.05) is 19.7 Å². The standard InChI is InChI=1S/C15H19BrN2O3/c1-10-9-21-11(2)8-18(10)14(19)7-17-15(20)12-4-3-5-13(16)6-12/h3-6,10-11H,7-9H2,1-2H3,(H,17,20). The third-order valence-electron chi connectivity index (χ3n) is 3.42. The van der Waals surface area contributed by atoms with Crippen LogP contribution in [0.15, 0.2) is 28.7 Å². The highest BCUT2D eigenvalue weighted by Gasteiger charge is 2.27. The molecule has 2 amide bonds. The topological polar surface area (TPSA) is 58.6 Å². The third-order valence-corrected chi connectivity index (χ3v) is 3.91. The Hall–Kier alpha value is -1.40. The molecule has 1 aromatic carbocycles. The molecule has 1 saturated heterocycles. The molecule has 1 aliphatic heterocycles. The predicted octanol–water partition coefficient (Wildman–Crippen LogP) is 1.81. The van der Waals surface area contributed by atoms with Crippen LogP contribution >= 0.6 is 15.9 Å². The maximum absolute atomic E-state index is 12.2. The molecule has 6 heteroatoms. The average molecular weight is 355 g/mol. The molecule has 0 saturated carbocycles. The summed E-state index contributed by atoms with van der Waals surface area (Å²) in [6, 6.07) is 7.10. The van der Waals surface area contributed by atoms with Gasteiger partial charge in [0.25, 0.3) is 5.91 Å². The Kier molecular flexibility index (Phi) is 5.36. The molecule has 5 nitrogen and oxygen atoms in total. The number of rotatable bonds is 3. The molecule has 1 N–H and O–H groups in total. The van der Waals surface area contributed by atoms with Gasteiger partial charge in [-0.25, -0.2) is 0 Å². The monoisotopic (exact) mass is 354 g/mol. The first-order valence-corrected chi connectivity index (χ1v) is 7.71. The molecule has 1 aliphatic rings. The lowest BCUT2D eigenvalue weighted by Crippen LogP contribution is -2.52. The van der Waals surface area contributed by atoms with Crippen molar-refractivity contribution in [1.82, 2.24) is 10.2 Å². The van der Waals surface area contributed by atoms with E-state index < -0.39 is 0 Å². The summed E-state index contributed by atoms with van der Waals surface area (Å²) in [5.41, 5.74) is 0.528. The number of morpholine rings is 1. The van der Waals surface area contributed by atoms with Gasteiger partial charge >= 0.3 is 0 Å². The van der Waals surface area contributed by atoms with Crippen molar-refractivity contribution in [3.63, 3.8) is 0 Å². The normalized spacial score (nSPS) is 22.0. The first-order chi connectivity index (χ1) is 9.97. The minimum atomic E-state index is -0.251. The Balaban J connectivity index is 1.90. The second-order valence-electron chi connectivity index (χ2n) is 5.23. The van der Waals surface area contributed by atoms with Crippen LogP contribution in [0.4, 0.5) is 0 Å². The van der Waals surface area contributed by atoms with Crippen LogP contribution in [0.1, 0.15) is 24.2 Å². The van der Waals surface area contributed by atoms with Gasteiger partial charge in [-0.1, -0.05) is 22.0 Å². The van der Waals surface area contributed by atoms with Crippen LogP contribution < -0.4 is 5.32 Å². The molecule has 2 unspecified atom stereocenters. The van der Waals surface area contributed by atoms with E-state index >= 15 is 0 Å². The summed E-state index contributed by atoms with van der Waals surface area (Å²) in [5, 5.41) is 2.67. The quantitative estimate of drug-likeness (QED) is 0.900. The van der Waals surface area contributed by atoms with Crippen molar-refractivity contribution in [2.24, 2.45) is 0 Å². The minimum Gasteiger partial charge on any atom is -0.375 e. The molecule has 2 rings (SSSR count). The lowest BCUT2D eigenvalue weighted by Gasteiger charge is -2.36. The molecule has 1 heterocycles. The number of hydrogen-bond donors (Lipinski definition) is 1. The van der Waals surface area contributed by atoms with E-state index in [1.807, 2.05) is 19.9 Å². The molecule has 1 fully saturated rings. The number of nitrogens with zero attached hydrogens (tertiary/aromatic N) is 1. The van der Waals surface area contributed by atoms with Gasteiger partial charge in [0.05, 0.1) is 25.3 Å². The van der Waals surface area contributed by atoms with Crippen molar-refractivity contribution < 1.29 is 14.3 Å². The van der Waals surface area contributed by atoms with Crippen LogP contribution in [-0.2, 0) is 9.53 Å². The van der Waals surface area contributed by atoms with E-state index in [4.69, 9.17) is 4.74 Å². The number of ether oxygens (including phenoxy) is 1. The summed E-state index contributed by atoms with van der Waals surface area (Å²) in [6.45, 7) is 4.98. The SMILES string of the molecule is CC1CN(C(=O)CNC(=O)c2cccc(Br)c2)C(C)CO1. The highest BCUT2D eigenvalue weighted by Crippen LogP contribution is 2.12. The molecule has 0 radical (unpaired) electrons. The lowest BCUT2D eigenvalue weighted by molar-refractivity contribution is -0.142. The smallest absolute Gasteiger partial charge is 0.251 e. The lowest BCUT2D eigenvalue weighted by atomic mass is 10.2. The van der Waals surface area contributed by atoms with Gasteiger partial charge in [-0.15, -0.1) is 0 Å². The summed E-state index contributed by atoms with van der Waals surface area (Å²) in [6.07, 6.45) is 0.0333. The zero-order valence-electron chi connectivity index (χ0n) is 12.1. The molecular weight excluding hydrogens is 336 g/mol. The molecule has 21 heavy (non-hydrogen) atoms. The third kappa shape index (κ3) is 4.28. The molecule has 114 valence electrons. The first kappa shape index (κ1) is 16.0. The highest BCUT2D eigenvalue weighted by molar-refractivity contribution is 9.10. The van der Waals surface area contributed by atoms with E-state index in [2.05, 4.69) is 21.2 Å². The first-order valence-electron chi connectivity index (χ1n) is 6.92. The molecular formula is C15H19BrN2O3. The minimum absolute atomic E-state index is 0.00239. The molecule has 0 bridgehead atoms. The van der Waals surface area contributed by atoms with Crippen molar-refractivity contribution in [3.8, 4) is 0 Å². The number of benzene rings is 1. The number of carbonyl (C=O) groups excluding carboxylic acids is 2. The fraction of sp³-hybridized carbons (Fsp3) is 0.467. The van der Waals surface area contributed by atoms with Gasteiger partial charge < -0.3 is 15.0 Å². The van der Waals surface area contributed by atoms with Crippen molar-refractivity contribution in [1.29, 1.82) is 0 Å². The van der Waals surface area contributed by atoms with Crippen molar-refractivity contribution >= 4 is 27.7 Å². The Morgan fingerprint density at radius 1 is 1.43 bits per heavy atom. The number of carbonyl (C=O) groups is 2. The van der Waals surface area contributed by atoms with Gasteiger partial charge in [0.1, 0.15) is 0 Å². The van der Waals surface area contributed by atoms with Crippen LogP contribution in [-0.4, -0.2) is 48.6 Å². The summed E-state index contributed by atoms with van der Waals surface area (Å²) in [4.78, 5) is 26.0. The van der Waals surface area contributed by atoms with Crippen molar-refractivity contribution in [3.05, 3.63) is 34.3 Å². The van der Waals surface area contributed by atoms with E-state index in [9.17, 15) is 9.59 Å². The number of nitrogens with one attached hydrogen (secondary N) is 1. The molecule has 1 aromatic rings. The maximum atomic E-state index is 12.2. The molecule has 0 aromatic heterocycles. The fourth-order valence-electron chi connectivity index (χ4n) is 2.24. The van der Waals surface area contributed by atoms with Crippen LogP contribution in [0.5, 0.6) is 0 Å². The van der Waals surface area contributed by atoms with Gasteiger partial charge in [0, 0.05) is 16.6 Å². The van der Waals surface area contributed by atoms with Gasteiger partial charge in [-0.2, -0.15) is 0 Å². The van der Waals surface area contributed by atoms with Gasteiger partial charge in [-0.3, -0.25) is 9.59 Å². The zero-order chi connectivity index (χ0) is 15.4. The summed E-state index contributed by atoms with van der Waals surface area (Å²) < 4.78 is 6.32. The number of amides is 2. The Morgan fingerprint density at radius 2 is 2.19 bits per heavy atom. The fourth-order valence-corrected chi connectivity index (χ4v) is 2.64. The number of hydrogen-bond acceptors (Lipinski definition) is 3. The summed E-state index contributed by atoms with van der Waals surface area (Å²) in [7, 11) is 0. The van der Waals surface area contributed by atoms with Gasteiger partial charge in [0.15, 0.2) is 0 Å². The molecule has 2 atom stereocenters. The Morgan fingerprint density at radius 3 is 2.90 bits per heavy atom. The molecule has 0 aliphatic carbocycles. The number of halogens is 1. The Labute approximate surface area is 132 Å². The van der Waals surface area contributed by atoms with E-state index in [0.29, 0.717) is 18.7 Å². The second-order valence-corrected chi connectivity index (χ2v) is 6.15. The average Bonchev–Trinajstić information content (AvgIpc) is 2.47. The van der Waals surface area contributed by atoms with Crippen LogP contribution in [0, 0.1) is 0 Å². The highest BCUT2D eigenvalue weighted by atomic mass is 79.9. The van der Waals surface area contributed by atoms with E-state index in [1.54, 1.807) is 23.1 Å².